The molecule has 0 bridgehead atoms. The second-order valence-electron chi connectivity index (χ2n) is 4.42. The van der Waals surface area contributed by atoms with E-state index in [0.717, 1.165) is 17.7 Å². The highest BCUT2D eigenvalue weighted by Crippen LogP contribution is 2.19. The van der Waals surface area contributed by atoms with E-state index in [1.165, 1.54) is 18.2 Å². The molecule has 0 aliphatic carbocycles. The van der Waals surface area contributed by atoms with Gasteiger partial charge in [-0.05, 0) is 23.8 Å². The molecule has 2 aromatic carbocycles. The van der Waals surface area contributed by atoms with Crippen molar-refractivity contribution in [1.82, 2.24) is 0 Å². The van der Waals surface area contributed by atoms with E-state index < -0.39 is 22.2 Å². The Hall–Kier alpha value is -3.08. The molecule has 0 aliphatic rings. The van der Waals surface area contributed by atoms with Gasteiger partial charge in [-0.15, -0.1) is 0 Å². The van der Waals surface area contributed by atoms with Gasteiger partial charge in [0.1, 0.15) is 0 Å². The van der Waals surface area contributed by atoms with Crippen LogP contribution in [0.3, 0.4) is 0 Å². The molecule has 2 rings (SSSR count). The van der Waals surface area contributed by atoms with Gasteiger partial charge in [0.2, 0.25) is 5.82 Å². The number of nitro groups is 1. The van der Waals surface area contributed by atoms with Crippen molar-refractivity contribution in [3.63, 3.8) is 0 Å². The molecule has 0 heterocycles. The van der Waals surface area contributed by atoms with E-state index in [4.69, 9.17) is 0 Å². The fourth-order valence-corrected chi connectivity index (χ4v) is 1.78. The van der Waals surface area contributed by atoms with E-state index in [1.54, 1.807) is 6.08 Å². The molecule has 0 fully saturated rings. The molecule has 4 nitrogen and oxygen atoms in total. The molecule has 110 valence electrons. The van der Waals surface area contributed by atoms with Crippen molar-refractivity contribution < 1.29 is 14.1 Å². The first-order valence-electron chi connectivity index (χ1n) is 6.46. The largest absolute Gasteiger partial charge is 0.305 e. The Labute approximate surface area is 126 Å². The zero-order valence-electron chi connectivity index (χ0n) is 11.5. The number of allylic oxidation sites excluding steroid dienone is 3. The van der Waals surface area contributed by atoms with Crippen LogP contribution in [0.4, 0.5) is 10.1 Å². The summed E-state index contributed by atoms with van der Waals surface area (Å²) in [6.07, 6.45) is 6.31. The van der Waals surface area contributed by atoms with E-state index in [9.17, 15) is 19.3 Å². The third-order valence-electron chi connectivity index (χ3n) is 2.87. The van der Waals surface area contributed by atoms with Crippen LogP contribution in [0.5, 0.6) is 0 Å². The molecule has 0 aromatic heterocycles. The molecule has 0 N–H and O–H groups in total. The van der Waals surface area contributed by atoms with Gasteiger partial charge in [-0.25, -0.2) is 0 Å². The zero-order chi connectivity index (χ0) is 15.9. The number of ketones is 1. The minimum Gasteiger partial charge on any atom is -0.289 e. The van der Waals surface area contributed by atoms with E-state index in [-0.39, 0.29) is 5.56 Å². The number of nitro benzene ring substituents is 1. The van der Waals surface area contributed by atoms with Crippen molar-refractivity contribution in [3.05, 3.63) is 93.8 Å². The highest BCUT2D eigenvalue weighted by atomic mass is 19.1. The molecule has 0 amide bonds. The maximum absolute atomic E-state index is 13.2. The van der Waals surface area contributed by atoms with Crippen LogP contribution in [-0.4, -0.2) is 10.7 Å². The monoisotopic (exact) mass is 297 g/mol. The van der Waals surface area contributed by atoms with Gasteiger partial charge in [-0.1, -0.05) is 48.6 Å². The smallest absolute Gasteiger partial charge is 0.289 e. The molecule has 0 atom stereocenters. The van der Waals surface area contributed by atoms with Crippen molar-refractivity contribution in [3.8, 4) is 0 Å². The minimum atomic E-state index is -0.963. The molecular formula is C17H12FNO3. The van der Waals surface area contributed by atoms with Crippen LogP contribution in [0.15, 0.2) is 66.8 Å². The highest BCUT2D eigenvalue weighted by molar-refractivity contribution is 6.05. The maximum atomic E-state index is 13.2. The number of carbonyl (C=O) groups is 1. The number of rotatable bonds is 5. The Morgan fingerprint density at radius 1 is 1.09 bits per heavy atom. The molecule has 0 unspecified atom stereocenters. The standard InChI is InChI=1S/C17H12FNO3/c18-15-11-10-14(12-16(15)19(21)22)17(20)9-5-4-8-13-6-2-1-3-7-13/h1-12H/b8-4+,9-5+. The van der Waals surface area contributed by atoms with Crippen LogP contribution in [0.1, 0.15) is 15.9 Å². The van der Waals surface area contributed by atoms with Gasteiger partial charge in [0.05, 0.1) is 4.92 Å². The zero-order valence-corrected chi connectivity index (χ0v) is 11.5. The first-order chi connectivity index (χ1) is 10.6. The summed E-state index contributed by atoms with van der Waals surface area (Å²) < 4.78 is 13.2. The van der Waals surface area contributed by atoms with Gasteiger partial charge in [-0.2, -0.15) is 4.39 Å². The van der Waals surface area contributed by atoms with E-state index in [1.807, 2.05) is 36.4 Å². The molecule has 22 heavy (non-hydrogen) atoms. The van der Waals surface area contributed by atoms with Gasteiger partial charge in [0.25, 0.3) is 0 Å². The van der Waals surface area contributed by atoms with Crippen LogP contribution in [0.2, 0.25) is 0 Å². The number of nitrogens with zero attached hydrogens (tertiary/aromatic N) is 1. The average Bonchev–Trinajstić information content (AvgIpc) is 2.52. The summed E-state index contributed by atoms with van der Waals surface area (Å²) in [5, 5.41) is 10.6. The normalized spacial score (nSPS) is 11.1. The van der Waals surface area contributed by atoms with Crippen molar-refractivity contribution in [2.45, 2.75) is 0 Å². The third kappa shape index (κ3) is 3.96. The summed E-state index contributed by atoms with van der Waals surface area (Å²) in [7, 11) is 0. The molecule has 0 saturated carbocycles. The topological polar surface area (TPSA) is 60.2 Å². The Morgan fingerprint density at radius 2 is 1.82 bits per heavy atom. The lowest BCUT2D eigenvalue weighted by Crippen LogP contribution is -1.98. The van der Waals surface area contributed by atoms with Crippen molar-refractivity contribution in [2.75, 3.05) is 0 Å². The summed E-state index contributed by atoms with van der Waals surface area (Å²) in [6, 6.07) is 12.6. The Morgan fingerprint density at radius 3 is 2.50 bits per heavy atom. The van der Waals surface area contributed by atoms with Gasteiger partial charge < -0.3 is 0 Å². The summed E-state index contributed by atoms with van der Waals surface area (Å²) in [5.74, 6) is -1.39. The summed E-state index contributed by atoms with van der Waals surface area (Å²) >= 11 is 0. The van der Waals surface area contributed by atoms with E-state index in [0.29, 0.717) is 0 Å². The Bertz CT molecular complexity index is 752. The Balaban J connectivity index is 2.09. The molecule has 0 spiro atoms. The first kappa shape index (κ1) is 15.3. The fourth-order valence-electron chi connectivity index (χ4n) is 1.78. The maximum Gasteiger partial charge on any atom is 0.305 e. The van der Waals surface area contributed by atoms with Crippen molar-refractivity contribution in [1.29, 1.82) is 0 Å². The molecule has 0 saturated heterocycles. The number of hydrogen-bond acceptors (Lipinski definition) is 3. The van der Waals surface area contributed by atoms with Crippen molar-refractivity contribution in [2.24, 2.45) is 0 Å². The van der Waals surface area contributed by atoms with Gasteiger partial charge in [0.15, 0.2) is 5.78 Å². The van der Waals surface area contributed by atoms with Crippen LogP contribution >= 0.6 is 0 Å². The lowest BCUT2D eigenvalue weighted by Gasteiger charge is -1.97. The SMILES string of the molecule is O=C(/C=C/C=C/c1ccccc1)c1ccc(F)c([N+](=O)[O-])c1. The molecule has 0 aliphatic heterocycles. The second-order valence-corrected chi connectivity index (χ2v) is 4.42. The predicted octanol–water partition coefficient (Wildman–Crippen LogP) is 4.19. The number of halogens is 1. The van der Waals surface area contributed by atoms with E-state index >= 15 is 0 Å². The van der Waals surface area contributed by atoms with Crippen LogP contribution < -0.4 is 0 Å². The molecule has 2 aromatic rings. The lowest BCUT2D eigenvalue weighted by atomic mass is 10.1. The van der Waals surface area contributed by atoms with E-state index in [2.05, 4.69) is 0 Å². The lowest BCUT2D eigenvalue weighted by molar-refractivity contribution is -0.387. The fraction of sp³-hybridized carbons (Fsp3) is 0. The molecule has 0 radical (unpaired) electrons. The highest BCUT2D eigenvalue weighted by Gasteiger charge is 2.16. The van der Waals surface area contributed by atoms with Crippen LogP contribution in [0, 0.1) is 15.9 Å². The van der Waals surface area contributed by atoms with Gasteiger partial charge >= 0.3 is 5.69 Å². The summed E-state index contributed by atoms with van der Waals surface area (Å²) in [4.78, 5) is 21.7. The minimum absolute atomic E-state index is 0.0671. The predicted molar refractivity (Wildman–Crippen MR) is 82.0 cm³/mol. The summed E-state index contributed by atoms with van der Waals surface area (Å²) in [6.45, 7) is 0. The Kier molecular flexibility index (Phi) is 4.93. The number of benzene rings is 2. The van der Waals surface area contributed by atoms with Crippen molar-refractivity contribution >= 4 is 17.5 Å². The number of hydrogen-bond donors (Lipinski definition) is 0. The van der Waals surface area contributed by atoms with Gasteiger partial charge in [0, 0.05) is 11.6 Å². The number of carbonyl (C=O) groups excluding carboxylic acids is 1. The average molecular weight is 297 g/mol. The molecular weight excluding hydrogens is 285 g/mol. The molecule has 5 heteroatoms. The summed E-state index contributed by atoms with van der Waals surface area (Å²) in [5.41, 5.74) is 0.341. The second kappa shape index (κ2) is 7.08. The van der Waals surface area contributed by atoms with Crippen LogP contribution in [-0.2, 0) is 0 Å². The first-order valence-corrected chi connectivity index (χ1v) is 6.46. The third-order valence-corrected chi connectivity index (χ3v) is 2.87. The van der Waals surface area contributed by atoms with Gasteiger partial charge in [-0.3, -0.25) is 14.9 Å². The quantitative estimate of drug-likeness (QED) is 0.273. The van der Waals surface area contributed by atoms with Crippen LogP contribution in [0.25, 0.3) is 6.08 Å².